The highest BCUT2D eigenvalue weighted by Crippen LogP contribution is 2.39. The average molecular weight is 481 g/mol. The van der Waals surface area contributed by atoms with Gasteiger partial charge >= 0.3 is 0 Å². The molecule has 1 N–H and O–H groups in total. The number of nitro benzene ring substituents is 1. The van der Waals surface area contributed by atoms with Crippen molar-refractivity contribution in [2.45, 2.75) is 6.61 Å². The molecule has 3 aromatic rings. The smallest absolute Gasteiger partial charge is 0.269 e. The van der Waals surface area contributed by atoms with Gasteiger partial charge in [0.2, 0.25) is 0 Å². The number of ether oxygens (including phenoxy) is 2. The second kappa shape index (κ2) is 8.61. The predicted molar refractivity (Wildman–Crippen MR) is 121 cm³/mol. The van der Waals surface area contributed by atoms with E-state index in [4.69, 9.17) is 9.47 Å². The predicted octanol–water partition coefficient (Wildman–Crippen LogP) is 5.44. The van der Waals surface area contributed by atoms with E-state index in [0.717, 1.165) is 16.8 Å². The van der Waals surface area contributed by atoms with Crippen molar-refractivity contribution in [1.29, 1.82) is 0 Å². The minimum atomic E-state index is -0.445. The van der Waals surface area contributed by atoms with Gasteiger partial charge in [0.05, 0.1) is 16.5 Å². The Labute approximate surface area is 186 Å². The zero-order valence-electron chi connectivity index (χ0n) is 16.4. The van der Waals surface area contributed by atoms with Crippen LogP contribution in [-0.2, 0) is 11.4 Å². The van der Waals surface area contributed by atoms with Gasteiger partial charge < -0.3 is 14.8 Å². The molecule has 0 spiro atoms. The molecule has 0 radical (unpaired) electrons. The van der Waals surface area contributed by atoms with Crippen LogP contribution in [0.15, 0.2) is 65.1 Å². The van der Waals surface area contributed by atoms with Crippen LogP contribution in [-0.4, -0.2) is 17.9 Å². The maximum atomic E-state index is 12.4. The lowest BCUT2D eigenvalue weighted by Gasteiger charge is -2.14. The number of para-hydroxylation sites is 1. The molecule has 156 valence electrons. The van der Waals surface area contributed by atoms with Crippen LogP contribution in [0, 0.1) is 10.1 Å². The molecule has 3 aromatic carbocycles. The summed E-state index contributed by atoms with van der Waals surface area (Å²) in [5, 5.41) is 13.8. The van der Waals surface area contributed by atoms with E-state index < -0.39 is 4.92 Å². The molecule has 0 saturated heterocycles. The lowest BCUT2D eigenvalue weighted by molar-refractivity contribution is -0.384. The summed E-state index contributed by atoms with van der Waals surface area (Å²) in [5.41, 5.74) is 3.61. The molecule has 0 atom stereocenters. The Balaban J connectivity index is 1.62. The number of nitrogens with one attached hydrogen (secondary N) is 1. The Bertz CT molecular complexity index is 1220. The molecule has 0 saturated carbocycles. The number of rotatable bonds is 6. The topological polar surface area (TPSA) is 90.7 Å². The second-order valence-electron chi connectivity index (χ2n) is 6.81. The van der Waals surface area contributed by atoms with Gasteiger partial charge in [0.15, 0.2) is 11.5 Å². The van der Waals surface area contributed by atoms with Crippen molar-refractivity contribution in [3.63, 3.8) is 0 Å². The number of halogens is 1. The van der Waals surface area contributed by atoms with E-state index in [1.165, 1.54) is 19.2 Å². The molecule has 0 bridgehead atoms. The molecular weight excluding hydrogens is 464 g/mol. The third-order valence-corrected chi connectivity index (χ3v) is 5.37. The Morgan fingerprint density at radius 3 is 2.71 bits per heavy atom. The monoisotopic (exact) mass is 480 g/mol. The Morgan fingerprint density at radius 1 is 1.13 bits per heavy atom. The van der Waals surface area contributed by atoms with E-state index in [9.17, 15) is 14.9 Å². The number of nitro groups is 1. The molecule has 8 heteroatoms. The standard InChI is InChI=1S/C23H17BrN2O5/c1-30-21-12-15(10-18-17-7-2-3-8-20(17)25-23(18)27)11-19(24)22(21)31-13-14-5-4-6-16(9-14)26(28)29/h2-12H,13H2,1H3,(H,25,27)/b18-10-. The quantitative estimate of drug-likeness (QED) is 0.288. The molecule has 0 unspecified atom stereocenters. The van der Waals surface area contributed by atoms with E-state index in [-0.39, 0.29) is 18.2 Å². The number of methoxy groups -OCH3 is 1. The molecule has 31 heavy (non-hydrogen) atoms. The molecule has 0 aliphatic carbocycles. The summed E-state index contributed by atoms with van der Waals surface area (Å²) in [5.74, 6) is 0.771. The number of anilines is 1. The van der Waals surface area contributed by atoms with Crippen LogP contribution < -0.4 is 14.8 Å². The first-order chi connectivity index (χ1) is 15.0. The molecule has 4 rings (SSSR count). The summed E-state index contributed by atoms with van der Waals surface area (Å²) >= 11 is 3.50. The number of hydrogen-bond donors (Lipinski definition) is 1. The lowest BCUT2D eigenvalue weighted by atomic mass is 10.0. The molecule has 0 fully saturated rings. The van der Waals surface area contributed by atoms with Gasteiger partial charge in [-0.05, 0) is 51.3 Å². The molecule has 1 amide bonds. The van der Waals surface area contributed by atoms with Gasteiger partial charge in [0, 0.05) is 29.0 Å². The van der Waals surface area contributed by atoms with Gasteiger partial charge in [-0.25, -0.2) is 0 Å². The molecular formula is C23H17BrN2O5. The third kappa shape index (κ3) is 4.29. The van der Waals surface area contributed by atoms with Crippen molar-refractivity contribution >= 4 is 44.9 Å². The minimum absolute atomic E-state index is 0.00391. The zero-order valence-corrected chi connectivity index (χ0v) is 18.0. The summed E-state index contributed by atoms with van der Waals surface area (Å²) in [4.78, 5) is 22.9. The van der Waals surface area contributed by atoms with E-state index in [0.29, 0.717) is 27.1 Å². The summed E-state index contributed by atoms with van der Waals surface area (Å²) in [7, 11) is 1.52. The van der Waals surface area contributed by atoms with Gasteiger partial charge in [-0.1, -0.05) is 30.3 Å². The largest absolute Gasteiger partial charge is 0.493 e. The van der Waals surface area contributed by atoms with Crippen LogP contribution in [0.2, 0.25) is 0 Å². The summed E-state index contributed by atoms with van der Waals surface area (Å²) < 4.78 is 12.0. The van der Waals surface area contributed by atoms with Gasteiger partial charge in [-0.3, -0.25) is 14.9 Å². The Hall–Kier alpha value is -3.65. The average Bonchev–Trinajstić information content (AvgIpc) is 3.08. The first-order valence-corrected chi connectivity index (χ1v) is 10.1. The van der Waals surface area contributed by atoms with Gasteiger partial charge in [0.1, 0.15) is 6.61 Å². The van der Waals surface area contributed by atoms with Crippen LogP contribution in [0.3, 0.4) is 0 Å². The highest BCUT2D eigenvalue weighted by atomic mass is 79.9. The van der Waals surface area contributed by atoms with Crippen molar-refractivity contribution in [3.8, 4) is 11.5 Å². The molecule has 1 aliphatic heterocycles. The number of nitrogens with zero attached hydrogens (tertiary/aromatic N) is 1. The number of carbonyl (C=O) groups excluding carboxylic acids is 1. The number of fused-ring (bicyclic) bond motifs is 1. The van der Waals surface area contributed by atoms with Crippen LogP contribution in [0.25, 0.3) is 11.6 Å². The Morgan fingerprint density at radius 2 is 1.94 bits per heavy atom. The number of non-ortho nitro benzene ring substituents is 1. The van der Waals surface area contributed by atoms with E-state index in [2.05, 4.69) is 21.2 Å². The highest BCUT2D eigenvalue weighted by Gasteiger charge is 2.23. The van der Waals surface area contributed by atoms with Crippen LogP contribution in [0.5, 0.6) is 11.5 Å². The molecule has 0 aromatic heterocycles. The van der Waals surface area contributed by atoms with Crippen molar-refractivity contribution in [2.24, 2.45) is 0 Å². The minimum Gasteiger partial charge on any atom is -0.493 e. The number of carbonyl (C=O) groups is 1. The lowest BCUT2D eigenvalue weighted by Crippen LogP contribution is -2.03. The number of hydrogen-bond acceptors (Lipinski definition) is 5. The highest BCUT2D eigenvalue weighted by molar-refractivity contribution is 9.10. The van der Waals surface area contributed by atoms with Crippen LogP contribution >= 0.6 is 15.9 Å². The van der Waals surface area contributed by atoms with Crippen molar-refractivity contribution < 1.29 is 19.2 Å². The SMILES string of the molecule is COc1cc(/C=C2\C(=O)Nc3ccccc32)cc(Br)c1OCc1cccc([N+](=O)[O-])c1. The van der Waals surface area contributed by atoms with Crippen molar-refractivity contribution in [2.75, 3.05) is 12.4 Å². The van der Waals surface area contributed by atoms with Crippen LogP contribution in [0.1, 0.15) is 16.7 Å². The second-order valence-corrected chi connectivity index (χ2v) is 7.66. The zero-order chi connectivity index (χ0) is 22.0. The van der Waals surface area contributed by atoms with Gasteiger partial charge in [0.25, 0.3) is 11.6 Å². The maximum Gasteiger partial charge on any atom is 0.269 e. The van der Waals surface area contributed by atoms with Crippen molar-refractivity contribution in [1.82, 2.24) is 0 Å². The fourth-order valence-corrected chi connectivity index (χ4v) is 3.90. The van der Waals surface area contributed by atoms with Crippen molar-refractivity contribution in [3.05, 3.63) is 91.9 Å². The first kappa shape index (κ1) is 20.6. The van der Waals surface area contributed by atoms with Crippen LogP contribution in [0.4, 0.5) is 11.4 Å². The fourth-order valence-electron chi connectivity index (χ4n) is 3.33. The summed E-state index contributed by atoms with van der Waals surface area (Å²) in [6, 6.07) is 17.4. The van der Waals surface area contributed by atoms with Gasteiger partial charge in [-0.15, -0.1) is 0 Å². The molecule has 7 nitrogen and oxygen atoms in total. The number of amides is 1. The van der Waals surface area contributed by atoms with Gasteiger partial charge in [-0.2, -0.15) is 0 Å². The fraction of sp³-hybridized carbons (Fsp3) is 0.0870. The number of benzene rings is 3. The van der Waals surface area contributed by atoms with E-state index in [1.807, 2.05) is 30.3 Å². The summed E-state index contributed by atoms with van der Waals surface area (Å²) in [6.07, 6.45) is 1.79. The van der Waals surface area contributed by atoms with E-state index in [1.54, 1.807) is 24.3 Å². The normalized spacial score (nSPS) is 13.6. The summed E-state index contributed by atoms with van der Waals surface area (Å²) in [6.45, 7) is 0.132. The molecule has 1 heterocycles. The van der Waals surface area contributed by atoms with E-state index >= 15 is 0 Å². The molecule has 1 aliphatic rings. The Kier molecular flexibility index (Phi) is 5.73. The third-order valence-electron chi connectivity index (χ3n) is 4.78. The first-order valence-electron chi connectivity index (χ1n) is 9.32. The maximum absolute atomic E-state index is 12.4.